The van der Waals surface area contributed by atoms with E-state index in [4.69, 9.17) is 4.98 Å². The molecule has 1 heterocycles. The van der Waals surface area contributed by atoms with Crippen molar-refractivity contribution < 1.29 is 0 Å². The molecule has 0 aliphatic rings. The Morgan fingerprint density at radius 1 is 0.731 bits per heavy atom. The van der Waals surface area contributed by atoms with Gasteiger partial charge in [0.25, 0.3) is 0 Å². The number of rotatable bonds is 8. The first-order valence-electron chi connectivity index (χ1n) is 9.07. The van der Waals surface area contributed by atoms with Crippen molar-refractivity contribution in [3.05, 3.63) is 78.0 Å². The molecule has 0 bridgehead atoms. The lowest BCUT2D eigenvalue weighted by Crippen LogP contribution is -2.27. The molecule has 0 N–H and O–H groups in total. The van der Waals surface area contributed by atoms with Crippen molar-refractivity contribution in [2.24, 2.45) is 0 Å². The van der Waals surface area contributed by atoms with Crippen LogP contribution in [-0.2, 0) is 13.1 Å². The minimum Gasteiger partial charge on any atom is -0.351 e. The zero-order chi connectivity index (χ0) is 18.2. The summed E-state index contributed by atoms with van der Waals surface area (Å²) in [6.45, 7) is 7.50. The first-order valence-corrected chi connectivity index (χ1v) is 9.07. The molecule has 0 spiro atoms. The topological polar surface area (TPSA) is 45.2 Å². The molecule has 0 unspecified atom stereocenters. The predicted octanol–water partition coefficient (Wildman–Crippen LogP) is 3.92. The third kappa shape index (κ3) is 4.57. The van der Waals surface area contributed by atoms with Crippen molar-refractivity contribution in [3.63, 3.8) is 0 Å². The summed E-state index contributed by atoms with van der Waals surface area (Å²) in [5.74, 6) is 1.52. The van der Waals surface area contributed by atoms with Gasteiger partial charge in [0.2, 0.25) is 5.95 Å². The molecule has 3 rings (SSSR count). The van der Waals surface area contributed by atoms with Gasteiger partial charge in [-0.15, -0.1) is 5.10 Å². The fourth-order valence-electron chi connectivity index (χ4n) is 2.86. The molecule has 134 valence electrons. The zero-order valence-electron chi connectivity index (χ0n) is 15.4. The summed E-state index contributed by atoms with van der Waals surface area (Å²) in [7, 11) is 0. The van der Waals surface area contributed by atoms with Gasteiger partial charge >= 0.3 is 0 Å². The summed E-state index contributed by atoms with van der Waals surface area (Å²) in [5, 5.41) is 8.48. The smallest absolute Gasteiger partial charge is 0.247 e. The van der Waals surface area contributed by atoms with Gasteiger partial charge in [-0.25, -0.2) is 0 Å². The van der Waals surface area contributed by atoms with Crippen molar-refractivity contribution in [3.8, 4) is 0 Å². The predicted molar refractivity (Wildman–Crippen MR) is 106 cm³/mol. The Labute approximate surface area is 155 Å². The fraction of sp³-hybridized carbons (Fsp3) is 0.286. The van der Waals surface area contributed by atoms with Gasteiger partial charge in [0.15, 0.2) is 5.82 Å². The first kappa shape index (κ1) is 17.9. The summed E-state index contributed by atoms with van der Waals surface area (Å²) >= 11 is 0. The molecule has 3 aromatic rings. The standard InChI is InChI=1S/C21H25N5/c1-3-25(16-18-11-7-5-8-12-18)20-15-22-24-21(23-20)26(4-2)17-19-13-9-6-10-14-19/h5-15H,3-4,16-17H2,1-2H3. The summed E-state index contributed by atoms with van der Waals surface area (Å²) in [4.78, 5) is 9.14. The van der Waals surface area contributed by atoms with Crippen LogP contribution in [0.2, 0.25) is 0 Å². The van der Waals surface area contributed by atoms with E-state index in [0.717, 1.165) is 32.0 Å². The average Bonchev–Trinajstić information content (AvgIpc) is 2.72. The van der Waals surface area contributed by atoms with Gasteiger partial charge in [-0.1, -0.05) is 60.7 Å². The van der Waals surface area contributed by atoms with Crippen LogP contribution in [0.4, 0.5) is 11.8 Å². The maximum Gasteiger partial charge on any atom is 0.247 e. The van der Waals surface area contributed by atoms with E-state index in [0.29, 0.717) is 5.95 Å². The molecular weight excluding hydrogens is 322 g/mol. The lowest BCUT2D eigenvalue weighted by atomic mass is 10.2. The van der Waals surface area contributed by atoms with Crippen molar-refractivity contribution in [1.82, 2.24) is 15.2 Å². The molecule has 1 aromatic heterocycles. The van der Waals surface area contributed by atoms with Gasteiger partial charge in [0.05, 0.1) is 6.20 Å². The Hall–Kier alpha value is -2.95. The lowest BCUT2D eigenvalue weighted by molar-refractivity contribution is 0.747. The van der Waals surface area contributed by atoms with E-state index in [9.17, 15) is 0 Å². The highest BCUT2D eigenvalue weighted by atomic mass is 15.3. The SMILES string of the molecule is CCN(Cc1ccccc1)c1cnnc(N(CC)Cc2ccccc2)n1. The maximum atomic E-state index is 4.79. The summed E-state index contributed by atoms with van der Waals surface area (Å²) in [6, 6.07) is 20.8. The molecule has 2 aromatic carbocycles. The Kier molecular flexibility index (Phi) is 6.14. The summed E-state index contributed by atoms with van der Waals surface area (Å²) in [6.07, 6.45) is 1.74. The zero-order valence-corrected chi connectivity index (χ0v) is 15.4. The quantitative estimate of drug-likeness (QED) is 0.618. The Morgan fingerprint density at radius 3 is 1.81 bits per heavy atom. The monoisotopic (exact) mass is 347 g/mol. The molecule has 26 heavy (non-hydrogen) atoms. The lowest BCUT2D eigenvalue weighted by Gasteiger charge is -2.24. The second-order valence-corrected chi connectivity index (χ2v) is 6.11. The number of anilines is 2. The Balaban J connectivity index is 1.79. The number of aromatic nitrogens is 3. The van der Waals surface area contributed by atoms with E-state index < -0.39 is 0 Å². The number of nitrogens with zero attached hydrogens (tertiary/aromatic N) is 5. The van der Waals surface area contributed by atoms with Gasteiger partial charge in [0.1, 0.15) is 0 Å². The van der Waals surface area contributed by atoms with E-state index in [1.807, 2.05) is 12.1 Å². The fourth-order valence-corrected chi connectivity index (χ4v) is 2.86. The number of hydrogen-bond acceptors (Lipinski definition) is 5. The molecular formula is C21H25N5. The molecule has 0 saturated heterocycles. The highest BCUT2D eigenvalue weighted by Crippen LogP contribution is 2.17. The third-order valence-corrected chi connectivity index (χ3v) is 4.34. The highest BCUT2D eigenvalue weighted by Gasteiger charge is 2.13. The van der Waals surface area contributed by atoms with Crippen LogP contribution in [0.25, 0.3) is 0 Å². The van der Waals surface area contributed by atoms with E-state index in [2.05, 4.69) is 82.4 Å². The Bertz CT molecular complexity index is 727. The van der Waals surface area contributed by atoms with Gasteiger partial charge in [-0.2, -0.15) is 10.1 Å². The van der Waals surface area contributed by atoms with E-state index >= 15 is 0 Å². The van der Waals surface area contributed by atoms with E-state index in [1.54, 1.807) is 6.20 Å². The van der Waals surface area contributed by atoms with Crippen LogP contribution >= 0.6 is 0 Å². The largest absolute Gasteiger partial charge is 0.351 e. The molecule has 0 atom stereocenters. The molecule has 5 nitrogen and oxygen atoms in total. The summed E-state index contributed by atoms with van der Waals surface area (Å²) in [5.41, 5.74) is 2.49. The number of hydrogen-bond donors (Lipinski definition) is 0. The van der Waals surface area contributed by atoms with Crippen LogP contribution in [0.1, 0.15) is 25.0 Å². The van der Waals surface area contributed by atoms with Gasteiger partial charge in [-0.3, -0.25) is 0 Å². The van der Waals surface area contributed by atoms with Gasteiger partial charge in [-0.05, 0) is 25.0 Å². The van der Waals surface area contributed by atoms with Gasteiger partial charge in [0, 0.05) is 26.2 Å². The molecule has 0 aliphatic carbocycles. The maximum absolute atomic E-state index is 4.79. The molecule has 0 fully saturated rings. The minimum atomic E-state index is 0.667. The highest BCUT2D eigenvalue weighted by molar-refractivity contribution is 5.42. The molecule has 0 radical (unpaired) electrons. The van der Waals surface area contributed by atoms with Crippen LogP contribution in [0.15, 0.2) is 66.9 Å². The molecule has 0 amide bonds. The van der Waals surface area contributed by atoms with Crippen LogP contribution in [-0.4, -0.2) is 28.3 Å². The number of benzene rings is 2. The molecule has 0 saturated carbocycles. The second-order valence-electron chi connectivity index (χ2n) is 6.11. The van der Waals surface area contributed by atoms with Crippen LogP contribution in [0, 0.1) is 0 Å². The van der Waals surface area contributed by atoms with Crippen LogP contribution in [0.3, 0.4) is 0 Å². The van der Waals surface area contributed by atoms with Crippen molar-refractivity contribution >= 4 is 11.8 Å². The van der Waals surface area contributed by atoms with E-state index in [-0.39, 0.29) is 0 Å². The van der Waals surface area contributed by atoms with Crippen molar-refractivity contribution in [1.29, 1.82) is 0 Å². The van der Waals surface area contributed by atoms with Crippen LogP contribution in [0.5, 0.6) is 0 Å². The van der Waals surface area contributed by atoms with Gasteiger partial charge < -0.3 is 9.80 Å². The molecule has 5 heteroatoms. The average molecular weight is 347 g/mol. The first-order chi connectivity index (χ1) is 12.8. The Morgan fingerprint density at radius 2 is 1.27 bits per heavy atom. The second kappa shape index (κ2) is 8.94. The normalized spacial score (nSPS) is 10.5. The molecule has 0 aliphatic heterocycles. The van der Waals surface area contributed by atoms with Crippen LogP contribution < -0.4 is 9.80 Å². The minimum absolute atomic E-state index is 0.667. The van der Waals surface area contributed by atoms with Crippen molar-refractivity contribution in [2.75, 3.05) is 22.9 Å². The van der Waals surface area contributed by atoms with E-state index in [1.165, 1.54) is 11.1 Å². The van der Waals surface area contributed by atoms with Crippen molar-refractivity contribution in [2.45, 2.75) is 26.9 Å². The third-order valence-electron chi connectivity index (χ3n) is 4.34. The summed E-state index contributed by atoms with van der Waals surface area (Å²) < 4.78 is 0.